The molecule has 0 aliphatic heterocycles. The Balaban J connectivity index is 1.57. The lowest BCUT2D eigenvalue weighted by atomic mass is 10.1. The molecule has 1 N–H and O–H groups in total. The Morgan fingerprint density at radius 3 is 2.79 bits per heavy atom. The number of ether oxygens (including phenoxy) is 2. The first kappa shape index (κ1) is 20.8. The molecule has 0 bridgehead atoms. The molecule has 3 aromatic rings. The third-order valence-electron chi connectivity index (χ3n) is 3.88. The van der Waals surface area contributed by atoms with E-state index in [4.69, 9.17) is 21.1 Å². The molecule has 0 atom stereocenters. The number of aromatic nitrogens is 1. The fraction of sp³-hybridized carbons (Fsp3) is 0.190. The molecule has 0 saturated carbocycles. The Bertz CT molecular complexity index is 1010. The van der Waals surface area contributed by atoms with Crippen molar-refractivity contribution < 1.29 is 19.1 Å². The summed E-state index contributed by atoms with van der Waals surface area (Å²) in [6.07, 6.45) is 3.09. The van der Waals surface area contributed by atoms with E-state index < -0.39 is 0 Å². The van der Waals surface area contributed by atoms with Crippen molar-refractivity contribution in [1.82, 2.24) is 4.98 Å². The van der Waals surface area contributed by atoms with Crippen molar-refractivity contribution in [3.05, 3.63) is 69.7 Å². The topological polar surface area (TPSA) is 77.5 Å². The number of aldehydes is 1. The molecule has 1 aromatic heterocycles. The lowest BCUT2D eigenvalue weighted by molar-refractivity contribution is -0.118. The summed E-state index contributed by atoms with van der Waals surface area (Å²) in [5.41, 5.74) is 1.47. The number of anilines is 1. The number of nitrogens with zero attached hydrogens (tertiary/aromatic N) is 1. The molecule has 150 valence electrons. The number of nitrogens with one attached hydrogen (secondary N) is 1. The van der Waals surface area contributed by atoms with E-state index in [0.29, 0.717) is 40.2 Å². The molecule has 0 spiro atoms. The molecule has 0 aliphatic carbocycles. The van der Waals surface area contributed by atoms with Crippen LogP contribution < -0.4 is 14.8 Å². The molecule has 6 nitrogen and oxygen atoms in total. The van der Waals surface area contributed by atoms with E-state index in [1.807, 2.05) is 31.2 Å². The highest BCUT2D eigenvalue weighted by Crippen LogP contribution is 2.28. The minimum Gasteiger partial charge on any atom is -0.490 e. The second-order valence-corrected chi connectivity index (χ2v) is 7.52. The summed E-state index contributed by atoms with van der Waals surface area (Å²) in [6, 6.07) is 12.4. The van der Waals surface area contributed by atoms with Gasteiger partial charge >= 0.3 is 0 Å². The van der Waals surface area contributed by atoms with Crippen LogP contribution >= 0.6 is 22.9 Å². The summed E-state index contributed by atoms with van der Waals surface area (Å²) >= 11 is 7.57. The van der Waals surface area contributed by atoms with Gasteiger partial charge in [-0.15, -0.1) is 11.3 Å². The van der Waals surface area contributed by atoms with E-state index in [2.05, 4.69) is 10.3 Å². The predicted molar refractivity (Wildman–Crippen MR) is 113 cm³/mol. The summed E-state index contributed by atoms with van der Waals surface area (Å²) in [5.74, 6) is 0.470. The van der Waals surface area contributed by atoms with Crippen LogP contribution in [0.3, 0.4) is 0 Å². The number of hydrogen-bond donors (Lipinski definition) is 1. The first-order valence-electron chi connectivity index (χ1n) is 8.91. The highest BCUT2D eigenvalue weighted by molar-refractivity contribution is 7.15. The Kier molecular flexibility index (Phi) is 7.21. The van der Waals surface area contributed by atoms with Gasteiger partial charge in [0, 0.05) is 28.1 Å². The number of carbonyl (C=O) groups excluding carboxylic acids is 2. The van der Waals surface area contributed by atoms with Crippen LogP contribution in [0, 0.1) is 0 Å². The maximum Gasteiger partial charge on any atom is 0.264 e. The molecule has 2 aromatic carbocycles. The van der Waals surface area contributed by atoms with Gasteiger partial charge in [0.05, 0.1) is 6.61 Å². The van der Waals surface area contributed by atoms with Gasteiger partial charge in [0.25, 0.3) is 5.91 Å². The van der Waals surface area contributed by atoms with Crippen molar-refractivity contribution in [2.75, 3.05) is 18.5 Å². The lowest BCUT2D eigenvalue weighted by Gasteiger charge is -2.11. The van der Waals surface area contributed by atoms with E-state index in [1.165, 1.54) is 11.3 Å². The zero-order chi connectivity index (χ0) is 20.6. The van der Waals surface area contributed by atoms with Crippen molar-refractivity contribution in [1.29, 1.82) is 0 Å². The molecule has 0 fully saturated rings. The van der Waals surface area contributed by atoms with Crippen molar-refractivity contribution in [2.24, 2.45) is 0 Å². The average Bonchev–Trinajstić information content (AvgIpc) is 3.15. The maximum atomic E-state index is 12.2. The van der Waals surface area contributed by atoms with Crippen LogP contribution in [-0.4, -0.2) is 30.4 Å². The number of carbonyl (C=O) groups is 2. The SMILES string of the molecule is CCOc1cc(C=O)ccc1OCC(=O)Nc1ncc(Cc2ccccc2Cl)s1. The van der Waals surface area contributed by atoms with Gasteiger partial charge in [0.1, 0.15) is 6.29 Å². The van der Waals surface area contributed by atoms with Gasteiger partial charge in [-0.05, 0) is 36.8 Å². The van der Waals surface area contributed by atoms with Crippen molar-refractivity contribution >= 4 is 40.3 Å². The van der Waals surface area contributed by atoms with Gasteiger partial charge in [-0.2, -0.15) is 0 Å². The third-order valence-corrected chi connectivity index (χ3v) is 5.17. The zero-order valence-corrected chi connectivity index (χ0v) is 17.3. The fourth-order valence-electron chi connectivity index (χ4n) is 2.56. The first-order chi connectivity index (χ1) is 14.1. The number of thiazole rings is 1. The number of rotatable bonds is 9. The summed E-state index contributed by atoms with van der Waals surface area (Å²) < 4.78 is 11.0. The molecule has 8 heteroatoms. The molecule has 0 saturated heterocycles. The van der Waals surface area contributed by atoms with E-state index in [1.54, 1.807) is 24.4 Å². The molecule has 0 aliphatic rings. The van der Waals surface area contributed by atoms with Crippen LogP contribution in [0.15, 0.2) is 48.7 Å². The summed E-state index contributed by atoms with van der Waals surface area (Å²) in [5, 5.41) is 3.91. The number of halogens is 1. The molecule has 1 amide bonds. The number of hydrogen-bond acceptors (Lipinski definition) is 6. The van der Waals surface area contributed by atoms with Gasteiger partial charge in [-0.25, -0.2) is 4.98 Å². The number of benzene rings is 2. The van der Waals surface area contributed by atoms with Crippen LogP contribution in [0.4, 0.5) is 5.13 Å². The molecule has 0 unspecified atom stereocenters. The van der Waals surface area contributed by atoms with Crippen LogP contribution in [-0.2, 0) is 11.2 Å². The van der Waals surface area contributed by atoms with Crippen LogP contribution in [0.5, 0.6) is 11.5 Å². The van der Waals surface area contributed by atoms with Crippen molar-refractivity contribution in [2.45, 2.75) is 13.3 Å². The smallest absolute Gasteiger partial charge is 0.264 e. The third kappa shape index (κ3) is 5.79. The monoisotopic (exact) mass is 430 g/mol. The zero-order valence-electron chi connectivity index (χ0n) is 15.7. The Morgan fingerprint density at radius 1 is 1.21 bits per heavy atom. The molecular formula is C21H19ClN2O4S. The van der Waals surface area contributed by atoms with Gasteiger partial charge in [0.15, 0.2) is 23.2 Å². The molecule has 0 radical (unpaired) electrons. The second-order valence-electron chi connectivity index (χ2n) is 5.99. The van der Waals surface area contributed by atoms with Gasteiger partial charge in [-0.1, -0.05) is 29.8 Å². The van der Waals surface area contributed by atoms with Crippen LogP contribution in [0.2, 0.25) is 5.02 Å². The fourth-order valence-corrected chi connectivity index (χ4v) is 3.61. The van der Waals surface area contributed by atoms with Crippen LogP contribution in [0.1, 0.15) is 27.7 Å². The summed E-state index contributed by atoms with van der Waals surface area (Å²) in [6.45, 7) is 2.03. The minimum absolute atomic E-state index is 0.208. The van der Waals surface area contributed by atoms with Gasteiger partial charge in [0.2, 0.25) is 0 Å². The molecule has 1 heterocycles. The quantitative estimate of drug-likeness (QED) is 0.501. The maximum absolute atomic E-state index is 12.2. The first-order valence-corrected chi connectivity index (χ1v) is 10.1. The normalized spacial score (nSPS) is 10.4. The number of amides is 1. The van der Waals surface area contributed by atoms with Crippen molar-refractivity contribution in [3.8, 4) is 11.5 Å². The minimum atomic E-state index is -0.342. The second kappa shape index (κ2) is 10.0. The summed E-state index contributed by atoms with van der Waals surface area (Å²) in [4.78, 5) is 28.3. The van der Waals surface area contributed by atoms with E-state index in [-0.39, 0.29) is 12.5 Å². The highest BCUT2D eigenvalue weighted by Gasteiger charge is 2.12. The molecule has 29 heavy (non-hydrogen) atoms. The van der Waals surface area contributed by atoms with E-state index >= 15 is 0 Å². The average molecular weight is 431 g/mol. The Morgan fingerprint density at radius 2 is 2.03 bits per heavy atom. The lowest BCUT2D eigenvalue weighted by Crippen LogP contribution is -2.20. The van der Waals surface area contributed by atoms with E-state index in [9.17, 15) is 9.59 Å². The predicted octanol–water partition coefficient (Wildman–Crippen LogP) is 4.62. The standard InChI is InChI=1S/C21H19ClN2O4S/c1-2-27-19-9-14(12-25)7-8-18(19)28-13-20(26)24-21-23-11-16(29-21)10-15-5-3-4-6-17(15)22/h3-9,11-12H,2,10,13H2,1H3,(H,23,24,26). The summed E-state index contributed by atoms with van der Waals surface area (Å²) in [7, 11) is 0. The van der Waals surface area contributed by atoms with Gasteiger partial charge in [-0.3, -0.25) is 14.9 Å². The van der Waals surface area contributed by atoms with Gasteiger partial charge < -0.3 is 9.47 Å². The molecular weight excluding hydrogens is 412 g/mol. The highest BCUT2D eigenvalue weighted by atomic mass is 35.5. The Hall–Kier alpha value is -2.90. The molecule has 3 rings (SSSR count). The van der Waals surface area contributed by atoms with E-state index in [0.717, 1.165) is 16.7 Å². The largest absolute Gasteiger partial charge is 0.490 e. The van der Waals surface area contributed by atoms with Crippen molar-refractivity contribution in [3.63, 3.8) is 0 Å². The van der Waals surface area contributed by atoms with Crippen LogP contribution in [0.25, 0.3) is 0 Å². The Labute approximate surface area is 177 Å².